The topological polar surface area (TPSA) is 83.6 Å². The number of phenols is 1. The normalized spacial score (nSPS) is 13.8. The fourth-order valence-electron chi connectivity index (χ4n) is 1.91. The molecule has 19 heavy (non-hydrogen) atoms. The van der Waals surface area contributed by atoms with Gasteiger partial charge in [-0.3, -0.25) is 4.79 Å². The van der Waals surface area contributed by atoms with Crippen molar-refractivity contribution in [1.29, 1.82) is 0 Å². The molecular weight excluding hydrogens is 266 g/mol. The van der Waals surface area contributed by atoms with Gasteiger partial charge in [-0.15, -0.1) is 0 Å². The van der Waals surface area contributed by atoms with Crippen molar-refractivity contribution in [2.75, 3.05) is 0 Å². The van der Waals surface area contributed by atoms with Crippen LogP contribution in [0.2, 0.25) is 5.02 Å². The van der Waals surface area contributed by atoms with Crippen LogP contribution in [-0.4, -0.2) is 16.1 Å². The van der Waals surface area contributed by atoms with Gasteiger partial charge in [-0.1, -0.05) is 41.9 Å². The lowest BCUT2D eigenvalue weighted by Crippen LogP contribution is -2.42. The number of halogens is 1. The summed E-state index contributed by atoms with van der Waals surface area (Å²) in [6.07, 6.45) is 0. The third kappa shape index (κ3) is 2.28. The summed E-state index contributed by atoms with van der Waals surface area (Å²) in [5.41, 5.74) is 3.40. The molecule has 0 bridgehead atoms. The largest absolute Gasteiger partial charge is 0.508 e. The first-order valence-electron chi connectivity index (χ1n) is 5.53. The minimum atomic E-state index is -2.13. The summed E-state index contributed by atoms with van der Waals surface area (Å²) in [5.74, 6) is -1.24. The Kier molecular flexibility index (Phi) is 3.46. The molecule has 0 radical (unpaired) electrons. The van der Waals surface area contributed by atoms with E-state index in [-0.39, 0.29) is 21.9 Å². The van der Waals surface area contributed by atoms with Crippen LogP contribution >= 0.6 is 11.6 Å². The minimum Gasteiger partial charge on any atom is -0.508 e. The van der Waals surface area contributed by atoms with Crippen LogP contribution in [0.1, 0.15) is 11.1 Å². The summed E-state index contributed by atoms with van der Waals surface area (Å²) in [5, 5.41) is 20.8. The van der Waals surface area contributed by atoms with Gasteiger partial charge in [-0.25, -0.2) is 0 Å². The highest BCUT2D eigenvalue weighted by atomic mass is 35.5. The minimum absolute atomic E-state index is 0.0429. The predicted octanol–water partition coefficient (Wildman–Crippen LogP) is 1.77. The van der Waals surface area contributed by atoms with Crippen molar-refractivity contribution in [3.8, 4) is 5.75 Å². The third-order valence-corrected chi connectivity index (χ3v) is 3.13. The molecule has 0 fully saturated rings. The summed E-state index contributed by atoms with van der Waals surface area (Å²) in [7, 11) is 0. The summed E-state index contributed by atoms with van der Waals surface area (Å²) in [6, 6.07) is 12.2. The summed E-state index contributed by atoms with van der Waals surface area (Å²) in [4.78, 5) is 11.7. The monoisotopic (exact) mass is 277 g/mol. The molecule has 4 N–H and O–H groups in total. The van der Waals surface area contributed by atoms with Crippen molar-refractivity contribution in [3.05, 3.63) is 64.7 Å². The summed E-state index contributed by atoms with van der Waals surface area (Å²) < 4.78 is 0. The van der Waals surface area contributed by atoms with Gasteiger partial charge in [0.1, 0.15) is 5.75 Å². The molecule has 1 unspecified atom stereocenters. The van der Waals surface area contributed by atoms with Crippen LogP contribution in [0, 0.1) is 0 Å². The molecule has 0 aromatic heterocycles. The molecule has 5 heteroatoms. The molecule has 0 aliphatic rings. The smallest absolute Gasteiger partial charge is 0.258 e. The maximum atomic E-state index is 11.7. The number of nitrogens with two attached hydrogens (primary N) is 1. The quantitative estimate of drug-likeness (QED) is 0.799. The SMILES string of the molecule is NC(=O)C(O)(c1ccccc1)c1cc(Cl)ccc1O. The first-order valence-corrected chi connectivity index (χ1v) is 5.91. The molecule has 0 saturated carbocycles. The maximum absolute atomic E-state index is 11.7. The van der Waals surface area contributed by atoms with E-state index < -0.39 is 11.5 Å². The highest BCUT2D eigenvalue weighted by Gasteiger charge is 2.40. The molecule has 0 heterocycles. The molecule has 1 atom stereocenters. The zero-order chi connectivity index (χ0) is 14.0. The first-order chi connectivity index (χ1) is 8.96. The van der Waals surface area contributed by atoms with Crippen molar-refractivity contribution >= 4 is 17.5 Å². The van der Waals surface area contributed by atoms with Gasteiger partial charge in [0.2, 0.25) is 0 Å². The number of amides is 1. The van der Waals surface area contributed by atoms with Gasteiger partial charge in [0, 0.05) is 10.6 Å². The Labute approximate surface area is 115 Å². The second-order valence-electron chi connectivity index (χ2n) is 4.10. The van der Waals surface area contributed by atoms with Crippen LogP contribution in [0.3, 0.4) is 0 Å². The first kappa shape index (κ1) is 13.4. The number of carbonyl (C=O) groups excluding carboxylic acids is 1. The van der Waals surface area contributed by atoms with Gasteiger partial charge in [-0.2, -0.15) is 0 Å². The molecule has 2 aromatic carbocycles. The molecule has 2 aromatic rings. The Morgan fingerprint density at radius 1 is 1.16 bits per heavy atom. The molecule has 2 rings (SSSR count). The zero-order valence-electron chi connectivity index (χ0n) is 9.88. The van der Waals surface area contributed by atoms with Gasteiger partial charge in [0.15, 0.2) is 5.60 Å². The zero-order valence-corrected chi connectivity index (χ0v) is 10.6. The number of benzene rings is 2. The molecular formula is C14H12ClNO3. The van der Waals surface area contributed by atoms with E-state index in [0.29, 0.717) is 0 Å². The molecule has 0 saturated heterocycles. The van der Waals surface area contributed by atoms with Crippen LogP contribution in [0.5, 0.6) is 5.75 Å². The van der Waals surface area contributed by atoms with E-state index in [1.807, 2.05) is 0 Å². The number of rotatable bonds is 3. The van der Waals surface area contributed by atoms with Crippen molar-refractivity contribution in [2.45, 2.75) is 5.60 Å². The van der Waals surface area contributed by atoms with Gasteiger partial charge in [0.05, 0.1) is 0 Å². The van der Waals surface area contributed by atoms with E-state index in [2.05, 4.69) is 0 Å². The van der Waals surface area contributed by atoms with Crippen LogP contribution < -0.4 is 5.73 Å². The van der Waals surface area contributed by atoms with Crippen molar-refractivity contribution < 1.29 is 15.0 Å². The van der Waals surface area contributed by atoms with E-state index >= 15 is 0 Å². The van der Waals surface area contributed by atoms with E-state index in [1.54, 1.807) is 30.3 Å². The fourth-order valence-corrected chi connectivity index (χ4v) is 2.08. The average molecular weight is 278 g/mol. The van der Waals surface area contributed by atoms with E-state index in [4.69, 9.17) is 17.3 Å². The van der Waals surface area contributed by atoms with E-state index in [1.165, 1.54) is 18.2 Å². The van der Waals surface area contributed by atoms with Crippen LogP contribution in [0.15, 0.2) is 48.5 Å². The van der Waals surface area contributed by atoms with Crippen molar-refractivity contribution in [1.82, 2.24) is 0 Å². The van der Waals surface area contributed by atoms with Crippen LogP contribution in [0.25, 0.3) is 0 Å². The molecule has 4 nitrogen and oxygen atoms in total. The summed E-state index contributed by atoms with van der Waals surface area (Å²) >= 11 is 5.84. The second-order valence-corrected chi connectivity index (χ2v) is 4.54. The van der Waals surface area contributed by atoms with Crippen LogP contribution in [-0.2, 0) is 10.4 Å². The van der Waals surface area contributed by atoms with Crippen LogP contribution in [0.4, 0.5) is 0 Å². The van der Waals surface area contributed by atoms with Gasteiger partial charge < -0.3 is 15.9 Å². The lowest BCUT2D eigenvalue weighted by molar-refractivity contribution is -0.133. The van der Waals surface area contributed by atoms with E-state index in [0.717, 1.165) is 0 Å². The van der Waals surface area contributed by atoms with Gasteiger partial charge in [0.25, 0.3) is 5.91 Å². The summed E-state index contributed by atoms with van der Waals surface area (Å²) in [6.45, 7) is 0. The Morgan fingerprint density at radius 3 is 2.37 bits per heavy atom. The Balaban J connectivity index is 2.70. The molecule has 1 amide bonds. The molecule has 0 spiro atoms. The second kappa shape index (κ2) is 4.91. The Morgan fingerprint density at radius 2 is 1.79 bits per heavy atom. The number of phenolic OH excluding ortho intramolecular Hbond substituents is 1. The van der Waals surface area contributed by atoms with Gasteiger partial charge in [-0.05, 0) is 23.8 Å². The molecule has 0 aliphatic carbocycles. The van der Waals surface area contributed by atoms with Crippen molar-refractivity contribution in [2.24, 2.45) is 5.73 Å². The van der Waals surface area contributed by atoms with Gasteiger partial charge >= 0.3 is 0 Å². The number of aliphatic hydroxyl groups is 1. The third-order valence-electron chi connectivity index (χ3n) is 2.90. The fraction of sp³-hybridized carbons (Fsp3) is 0.0714. The highest BCUT2D eigenvalue weighted by molar-refractivity contribution is 6.30. The van der Waals surface area contributed by atoms with Crippen molar-refractivity contribution in [3.63, 3.8) is 0 Å². The molecule has 98 valence electrons. The number of hydrogen-bond donors (Lipinski definition) is 3. The lowest BCUT2D eigenvalue weighted by atomic mass is 9.85. The average Bonchev–Trinajstić information content (AvgIpc) is 2.41. The standard InChI is InChI=1S/C14H12ClNO3/c15-10-6-7-12(17)11(8-10)14(19,13(16)18)9-4-2-1-3-5-9/h1-8,17,19H,(H2,16,18). The number of hydrogen-bond acceptors (Lipinski definition) is 3. The lowest BCUT2D eigenvalue weighted by Gasteiger charge is -2.26. The maximum Gasteiger partial charge on any atom is 0.258 e. The highest BCUT2D eigenvalue weighted by Crippen LogP contribution is 2.36. The Bertz CT molecular complexity index is 615. The number of primary amides is 1. The van der Waals surface area contributed by atoms with E-state index in [9.17, 15) is 15.0 Å². The molecule has 0 aliphatic heterocycles. The number of aromatic hydroxyl groups is 1. The Hall–Kier alpha value is -2.04. The predicted molar refractivity (Wildman–Crippen MR) is 71.8 cm³/mol. The number of carbonyl (C=O) groups is 1.